The minimum Gasteiger partial charge on any atom is -0.447 e. The van der Waals surface area contributed by atoms with E-state index in [1.807, 2.05) is 68.4 Å². The highest BCUT2D eigenvalue weighted by molar-refractivity contribution is 6.04. The molecule has 0 aliphatic carbocycles. The number of ether oxygens (including phenoxy) is 1. The molecule has 2 atom stereocenters. The smallest absolute Gasteiger partial charge is 0.317 e. The predicted molar refractivity (Wildman–Crippen MR) is 119 cm³/mol. The van der Waals surface area contributed by atoms with E-state index in [1.165, 1.54) is 9.80 Å². The zero-order chi connectivity index (χ0) is 23.2. The molecule has 2 aliphatic heterocycles. The van der Waals surface area contributed by atoms with Crippen LogP contribution in [0.3, 0.4) is 0 Å². The number of rotatable bonds is 4. The highest BCUT2D eigenvalue weighted by atomic mass is 16.5. The predicted octanol–water partition coefficient (Wildman–Crippen LogP) is 2.50. The lowest BCUT2D eigenvalue weighted by atomic mass is 9.69. The zero-order valence-electron chi connectivity index (χ0n) is 18.2. The average molecular weight is 439 g/mol. The van der Waals surface area contributed by atoms with Gasteiger partial charge < -0.3 is 9.64 Å². The van der Waals surface area contributed by atoms with Gasteiger partial charge in [0.25, 0.3) is 5.91 Å². The van der Waals surface area contributed by atoms with Gasteiger partial charge in [-0.3, -0.25) is 14.5 Å². The molecular weight excluding hydrogens is 418 g/mol. The fraction of sp³-hybridized carbons (Fsp3) is 0.240. The molecule has 8 nitrogen and oxygen atoms in total. The number of hydrogen-bond acceptors (Lipinski definition) is 6. The molecule has 5 rings (SSSR count). The molecule has 0 spiro atoms. The highest BCUT2D eigenvalue weighted by Crippen LogP contribution is 2.52. The Balaban J connectivity index is 1.74. The Morgan fingerprint density at radius 3 is 2.42 bits per heavy atom. The van der Waals surface area contributed by atoms with Crippen LogP contribution < -0.4 is 9.64 Å². The third-order valence-electron chi connectivity index (χ3n) is 6.12. The maximum Gasteiger partial charge on any atom is 0.317 e. The summed E-state index contributed by atoms with van der Waals surface area (Å²) >= 11 is 0. The van der Waals surface area contributed by atoms with Crippen molar-refractivity contribution in [2.45, 2.75) is 25.5 Å². The Morgan fingerprint density at radius 2 is 1.73 bits per heavy atom. The van der Waals surface area contributed by atoms with Crippen molar-refractivity contribution in [2.24, 2.45) is 0 Å². The molecule has 2 aromatic carbocycles. The van der Waals surface area contributed by atoms with Crippen molar-refractivity contribution in [3.05, 3.63) is 83.2 Å². The first-order valence-electron chi connectivity index (χ1n) is 10.6. The zero-order valence-corrected chi connectivity index (χ0v) is 18.2. The van der Waals surface area contributed by atoms with Crippen molar-refractivity contribution in [1.82, 2.24) is 14.9 Å². The fourth-order valence-electron chi connectivity index (χ4n) is 4.83. The van der Waals surface area contributed by atoms with Crippen LogP contribution in [-0.2, 0) is 15.1 Å². The Hall–Kier alpha value is -4.25. The van der Waals surface area contributed by atoms with Crippen LogP contribution in [0.5, 0.6) is 6.01 Å². The van der Waals surface area contributed by atoms with Crippen LogP contribution in [0.4, 0.5) is 5.69 Å². The lowest BCUT2D eigenvalue weighted by Gasteiger charge is -2.55. The van der Waals surface area contributed by atoms with Crippen molar-refractivity contribution >= 4 is 17.5 Å². The molecule has 1 fully saturated rings. The number of aromatic nitrogens is 2. The SMILES string of the molecule is Cc1cc(C)nc(O[C@@H]2C(=O)N3CC(=O)N(CC#N)c4ccccc4[C@]23c2ccccc2)n1. The van der Waals surface area contributed by atoms with E-state index >= 15 is 0 Å². The average Bonchev–Trinajstić information content (AvgIpc) is 2.90. The van der Waals surface area contributed by atoms with Gasteiger partial charge in [-0.15, -0.1) is 0 Å². The van der Waals surface area contributed by atoms with Crippen LogP contribution in [0, 0.1) is 25.2 Å². The molecule has 0 saturated carbocycles. The number of aryl methyl sites for hydroxylation is 2. The van der Waals surface area contributed by atoms with Gasteiger partial charge in [-0.05, 0) is 31.5 Å². The first-order valence-corrected chi connectivity index (χ1v) is 10.6. The molecular formula is C25H21N5O3. The summed E-state index contributed by atoms with van der Waals surface area (Å²) < 4.78 is 6.19. The summed E-state index contributed by atoms with van der Waals surface area (Å²) in [7, 11) is 0. The topological polar surface area (TPSA) is 99.4 Å². The van der Waals surface area contributed by atoms with Crippen molar-refractivity contribution in [2.75, 3.05) is 18.0 Å². The second kappa shape index (κ2) is 7.71. The molecule has 0 radical (unpaired) electrons. The second-order valence-electron chi connectivity index (χ2n) is 8.14. The van der Waals surface area contributed by atoms with Gasteiger partial charge in [0.1, 0.15) is 18.6 Å². The van der Waals surface area contributed by atoms with Gasteiger partial charge in [0.2, 0.25) is 12.0 Å². The number of para-hydroxylation sites is 1. The van der Waals surface area contributed by atoms with Gasteiger partial charge in [0.05, 0.1) is 11.8 Å². The number of amides is 2. The summed E-state index contributed by atoms with van der Waals surface area (Å²) in [5.41, 5.74) is 2.48. The molecule has 0 N–H and O–H groups in total. The molecule has 0 bridgehead atoms. The summed E-state index contributed by atoms with van der Waals surface area (Å²) in [6, 6.07) is 20.8. The number of fused-ring (bicyclic) bond motifs is 3. The summed E-state index contributed by atoms with van der Waals surface area (Å²) in [6.45, 7) is 3.39. The largest absolute Gasteiger partial charge is 0.447 e. The van der Waals surface area contributed by atoms with Gasteiger partial charge in [0, 0.05) is 17.0 Å². The van der Waals surface area contributed by atoms with Gasteiger partial charge in [0.15, 0.2) is 0 Å². The molecule has 3 aromatic rings. The van der Waals surface area contributed by atoms with Crippen LogP contribution in [0.15, 0.2) is 60.7 Å². The normalized spacial score (nSPS) is 21.4. The Labute approximate surface area is 191 Å². The number of nitriles is 1. The number of carbonyl (C=O) groups is 2. The van der Waals surface area contributed by atoms with Crippen LogP contribution in [0.25, 0.3) is 0 Å². The summed E-state index contributed by atoms with van der Waals surface area (Å²) in [5.74, 6) is -0.653. The summed E-state index contributed by atoms with van der Waals surface area (Å²) in [4.78, 5) is 38.3. The maximum absolute atomic E-state index is 13.4. The van der Waals surface area contributed by atoms with Gasteiger partial charge in [-0.25, -0.2) is 9.97 Å². The van der Waals surface area contributed by atoms with Crippen LogP contribution in [0.1, 0.15) is 22.5 Å². The lowest BCUT2D eigenvalue weighted by Crippen LogP contribution is -2.74. The molecule has 3 heterocycles. The maximum atomic E-state index is 13.4. The Kier molecular flexibility index (Phi) is 4.82. The molecule has 2 aliphatic rings. The number of nitrogens with zero attached hydrogens (tertiary/aromatic N) is 5. The molecule has 1 aromatic heterocycles. The van der Waals surface area contributed by atoms with Gasteiger partial charge in [-0.1, -0.05) is 48.5 Å². The van der Waals surface area contributed by atoms with Crippen molar-refractivity contribution in [3.8, 4) is 12.1 Å². The van der Waals surface area contributed by atoms with E-state index < -0.39 is 11.6 Å². The van der Waals surface area contributed by atoms with Crippen molar-refractivity contribution in [1.29, 1.82) is 5.26 Å². The van der Waals surface area contributed by atoms with Crippen LogP contribution in [0.2, 0.25) is 0 Å². The first kappa shape index (κ1) is 20.6. The molecule has 1 saturated heterocycles. The Bertz CT molecular complexity index is 1280. The third-order valence-corrected chi connectivity index (χ3v) is 6.12. The molecule has 8 heteroatoms. The Morgan fingerprint density at radius 1 is 1.06 bits per heavy atom. The van der Waals surface area contributed by atoms with Crippen LogP contribution >= 0.6 is 0 Å². The molecule has 0 unspecified atom stereocenters. The van der Waals surface area contributed by atoms with Crippen molar-refractivity contribution < 1.29 is 14.3 Å². The summed E-state index contributed by atoms with van der Waals surface area (Å²) in [6.07, 6.45) is -0.975. The van der Waals surface area contributed by atoms with E-state index in [4.69, 9.17) is 4.74 Å². The van der Waals surface area contributed by atoms with E-state index in [1.54, 1.807) is 6.07 Å². The second-order valence-corrected chi connectivity index (χ2v) is 8.14. The quantitative estimate of drug-likeness (QED) is 0.458. The van der Waals surface area contributed by atoms with E-state index in [0.29, 0.717) is 11.3 Å². The number of anilines is 1. The first-order chi connectivity index (χ1) is 16.0. The third kappa shape index (κ3) is 3.04. The van der Waals surface area contributed by atoms with Crippen molar-refractivity contribution in [3.63, 3.8) is 0 Å². The number of hydrogen-bond donors (Lipinski definition) is 0. The number of carbonyl (C=O) groups excluding carboxylic acids is 2. The number of β-lactam (4-membered cyclic amide) rings is 1. The fourth-order valence-corrected chi connectivity index (χ4v) is 4.83. The molecule has 33 heavy (non-hydrogen) atoms. The highest BCUT2D eigenvalue weighted by Gasteiger charge is 2.66. The monoisotopic (exact) mass is 439 g/mol. The van der Waals surface area contributed by atoms with E-state index in [0.717, 1.165) is 17.0 Å². The number of benzene rings is 2. The van der Waals surface area contributed by atoms with E-state index in [2.05, 4.69) is 16.0 Å². The minimum atomic E-state index is -1.07. The molecule has 2 amide bonds. The van der Waals surface area contributed by atoms with E-state index in [-0.39, 0.29) is 30.9 Å². The van der Waals surface area contributed by atoms with Gasteiger partial charge in [-0.2, -0.15) is 5.26 Å². The summed E-state index contributed by atoms with van der Waals surface area (Å²) in [5, 5.41) is 9.37. The van der Waals surface area contributed by atoms with Gasteiger partial charge >= 0.3 is 6.01 Å². The van der Waals surface area contributed by atoms with E-state index in [9.17, 15) is 14.9 Å². The standard InChI is InChI=1S/C25H21N5O3/c1-16-14-17(2)28-24(27-16)33-22-23(32)30-15-21(31)29(13-12-26)20-11-7-6-10-19(20)25(22,30)18-8-4-3-5-9-18/h3-11,14,22H,13,15H2,1-2H3/t22-,25-/m1/s1. The lowest BCUT2D eigenvalue weighted by molar-refractivity contribution is -0.178. The van der Waals surface area contributed by atoms with Crippen LogP contribution in [-0.4, -0.2) is 45.9 Å². The molecule has 164 valence electrons. The minimum absolute atomic E-state index is 0.114.